The molecule has 0 fully saturated rings. The van der Waals surface area contributed by atoms with Crippen molar-refractivity contribution in [1.82, 2.24) is 15.3 Å². The van der Waals surface area contributed by atoms with Crippen molar-refractivity contribution in [2.24, 2.45) is 0 Å². The first-order chi connectivity index (χ1) is 12.5. The van der Waals surface area contributed by atoms with Gasteiger partial charge in [0.1, 0.15) is 17.3 Å². The fourth-order valence-corrected chi connectivity index (χ4v) is 3.03. The van der Waals surface area contributed by atoms with Gasteiger partial charge in [0.25, 0.3) is 5.56 Å². The molecule has 0 unspecified atom stereocenters. The molecule has 0 saturated carbocycles. The Kier molecular flexibility index (Phi) is 5.23. The van der Waals surface area contributed by atoms with E-state index >= 15 is 0 Å². The molecular formula is C20H23N3O3. The third-order valence-corrected chi connectivity index (χ3v) is 4.44. The van der Waals surface area contributed by atoms with Crippen molar-refractivity contribution in [3.05, 3.63) is 64.2 Å². The standard InChI is InChI=1S/C20H23N3O3/c1-12(16-11-14(25-3)9-10-18(16)26-4)21-13(2)19-22-17-8-6-5-7-15(17)20(24)23-19/h5-13,21H,1-4H3,(H,22,23,24)/t12-,13-/m0/s1. The molecule has 0 saturated heterocycles. The lowest BCUT2D eigenvalue weighted by atomic mass is 10.1. The summed E-state index contributed by atoms with van der Waals surface area (Å²) in [6.45, 7) is 4.00. The zero-order valence-electron chi connectivity index (χ0n) is 15.4. The van der Waals surface area contributed by atoms with Crippen LogP contribution in [-0.4, -0.2) is 24.2 Å². The van der Waals surface area contributed by atoms with Gasteiger partial charge in [-0.1, -0.05) is 12.1 Å². The van der Waals surface area contributed by atoms with Crippen LogP contribution in [0.2, 0.25) is 0 Å². The summed E-state index contributed by atoms with van der Waals surface area (Å²) in [5, 5.41) is 4.05. The van der Waals surface area contributed by atoms with Crippen LogP contribution in [0.4, 0.5) is 0 Å². The molecule has 1 aromatic heterocycles. The lowest BCUT2D eigenvalue weighted by Crippen LogP contribution is -2.26. The number of para-hydroxylation sites is 1. The number of ether oxygens (including phenoxy) is 2. The van der Waals surface area contributed by atoms with E-state index in [0.29, 0.717) is 16.7 Å². The fourth-order valence-electron chi connectivity index (χ4n) is 3.03. The van der Waals surface area contributed by atoms with Crippen LogP contribution in [-0.2, 0) is 0 Å². The summed E-state index contributed by atoms with van der Waals surface area (Å²) in [7, 11) is 3.28. The van der Waals surface area contributed by atoms with Gasteiger partial charge in [-0.05, 0) is 44.2 Å². The number of H-pyrrole nitrogens is 1. The van der Waals surface area contributed by atoms with Gasteiger partial charge in [0, 0.05) is 11.6 Å². The second kappa shape index (κ2) is 7.58. The molecule has 0 spiro atoms. The number of nitrogens with zero attached hydrogens (tertiary/aromatic N) is 1. The highest BCUT2D eigenvalue weighted by Crippen LogP contribution is 2.30. The van der Waals surface area contributed by atoms with Crippen LogP contribution in [0, 0.1) is 0 Å². The minimum absolute atomic E-state index is 0.0353. The Labute approximate surface area is 152 Å². The Bertz CT molecular complexity index is 968. The number of hydrogen-bond donors (Lipinski definition) is 2. The SMILES string of the molecule is COc1ccc(OC)c([C@H](C)N[C@@H](C)c2nc3ccccc3c(=O)[nH]2)c1. The quantitative estimate of drug-likeness (QED) is 0.711. The summed E-state index contributed by atoms with van der Waals surface area (Å²) in [4.78, 5) is 19.7. The number of nitrogens with one attached hydrogen (secondary N) is 2. The van der Waals surface area contributed by atoms with E-state index in [1.54, 1.807) is 20.3 Å². The largest absolute Gasteiger partial charge is 0.497 e. The van der Waals surface area contributed by atoms with Crippen molar-refractivity contribution >= 4 is 10.9 Å². The van der Waals surface area contributed by atoms with Crippen LogP contribution in [0.15, 0.2) is 47.3 Å². The lowest BCUT2D eigenvalue weighted by molar-refractivity contribution is 0.386. The minimum atomic E-state index is -0.154. The molecule has 6 heteroatoms. The molecule has 136 valence electrons. The molecule has 3 aromatic rings. The Morgan fingerprint density at radius 1 is 1.04 bits per heavy atom. The number of benzene rings is 2. The first kappa shape index (κ1) is 17.9. The average molecular weight is 353 g/mol. The zero-order chi connectivity index (χ0) is 18.7. The monoisotopic (exact) mass is 353 g/mol. The van der Waals surface area contributed by atoms with E-state index in [9.17, 15) is 4.79 Å². The maximum Gasteiger partial charge on any atom is 0.258 e. The van der Waals surface area contributed by atoms with Gasteiger partial charge < -0.3 is 19.8 Å². The van der Waals surface area contributed by atoms with E-state index in [4.69, 9.17) is 9.47 Å². The smallest absolute Gasteiger partial charge is 0.258 e. The number of aromatic amines is 1. The van der Waals surface area contributed by atoms with Crippen LogP contribution in [0.25, 0.3) is 10.9 Å². The maximum absolute atomic E-state index is 12.3. The predicted octanol–water partition coefficient (Wildman–Crippen LogP) is 3.35. The van der Waals surface area contributed by atoms with Crippen LogP contribution >= 0.6 is 0 Å². The van der Waals surface area contributed by atoms with E-state index in [-0.39, 0.29) is 17.6 Å². The van der Waals surface area contributed by atoms with Crippen molar-refractivity contribution in [2.75, 3.05) is 14.2 Å². The van der Waals surface area contributed by atoms with Gasteiger partial charge in [0.2, 0.25) is 0 Å². The van der Waals surface area contributed by atoms with Gasteiger partial charge >= 0.3 is 0 Å². The first-order valence-electron chi connectivity index (χ1n) is 8.50. The molecule has 2 atom stereocenters. The third-order valence-electron chi connectivity index (χ3n) is 4.44. The van der Waals surface area contributed by atoms with E-state index in [2.05, 4.69) is 15.3 Å². The van der Waals surface area contributed by atoms with Crippen molar-refractivity contribution in [2.45, 2.75) is 25.9 Å². The average Bonchev–Trinajstić information content (AvgIpc) is 2.67. The summed E-state index contributed by atoms with van der Waals surface area (Å²) in [5.41, 5.74) is 1.53. The second-order valence-corrected chi connectivity index (χ2v) is 6.19. The molecule has 0 bridgehead atoms. The van der Waals surface area contributed by atoms with Crippen LogP contribution in [0.5, 0.6) is 11.5 Å². The minimum Gasteiger partial charge on any atom is -0.497 e. The zero-order valence-corrected chi connectivity index (χ0v) is 15.4. The highest BCUT2D eigenvalue weighted by atomic mass is 16.5. The Hall–Kier alpha value is -2.86. The van der Waals surface area contributed by atoms with Gasteiger partial charge in [0.05, 0.1) is 31.2 Å². The molecule has 3 rings (SSSR count). The molecule has 0 aliphatic rings. The van der Waals surface area contributed by atoms with E-state index in [1.807, 2.05) is 50.2 Å². The summed E-state index contributed by atoms with van der Waals surface area (Å²) in [5.74, 6) is 2.14. The molecular weight excluding hydrogens is 330 g/mol. The molecule has 1 heterocycles. The predicted molar refractivity (Wildman–Crippen MR) is 102 cm³/mol. The topological polar surface area (TPSA) is 76.2 Å². The van der Waals surface area contributed by atoms with Crippen molar-refractivity contribution in [1.29, 1.82) is 0 Å². The van der Waals surface area contributed by atoms with Gasteiger partial charge in [-0.15, -0.1) is 0 Å². The summed E-state index contributed by atoms with van der Waals surface area (Å²) in [6, 6.07) is 12.8. The fraction of sp³-hybridized carbons (Fsp3) is 0.300. The normalized spacial score (nSPS) is 13.4. The highest BCUT2D eigenvalue weighted by Gasteiger charge is 2.18. The van der Waals surface area contributed by atoms with Crippen LogP contribution in [0.3, 0.4) is 0 Å². The Morgan fingerprint density at radius 3 is 2.54 bits per heavy atom. The summed E-state index contributed by atoms with van der Waals surface area (Å²) >= 11 is 0. The molecule has 2 aromatic carbocycles. The van der Waals surface area contributed by atoms with Crippen LogP contribution in [0.1, 0.15) is 37.3 Å². The Balaban J connectivity index is 1.88. The third kappa shape index (κ3) is 3.55. The number of methoxy groups -OCH3 is 2. The molecule has 6 nitrogen and oxygen atoms in total. The highest BCUT2D eigenvalue weighted by molar-refractivity contribution is 5.77. The number of fused-ring (bicyclic) bond motifs is 1. The number of hydrogen-bond acceptors (Lipinski definition) is 5. The van der Waals surface area contributed by atoms with Crippen LogP contribution < -0.4 is 20.3 Å². The maximum atomic E-state index is 12.3. The van der Waals surface area contributed by atoms with Gasteiger partial charge in [-0.2, -0.15) is 0 Å². The van der Waals surface area contributed by atoms with Gasteiger partial charge in [-0.3, -0.25) is 4.79 Å². The second-order valence-electron chi connectivity index (χ2n) is 6.19. The summed E-state index contributed by atoms with van der Waals surface area (Å²) in [6.07, 6.45) is 0. The van der Waals surface area contributed by atoms with Crippen molar-refractivity contribution in [3.8, 4) is 11.5 Å². The van der Waals surface area contributed by atoms with Crippen molar-refractivity contribution < 1.29 is 9.47 Å². The Morgan fingerprint density at radius 2 is 1.81 bits per heavy atom. The van der Waals surface area contributed by atoms with E-state index in [1.165, 1.54) is 0 Å². The summed E-state index contributed by atoms with van der Waals surface area (Å²) < 4.78 is 10.8. The molecule has 0 amide bonds. The molecule has 0 radical (unpaired) electrons. The van der Waals surface area contributed by atoms with E-state index < -0.39 is 0 Å². The van der Waals surface area contributed by atoms with Gasteiger partial charge in [-0.25, -0.2) is 4.98 Å². The lowest BCUT2D eigenvalue weighted by Gasteiger charge is -2.22. The number of aromatic nitrogens is 2. The molecule has 26 heavy (non-hydrogen) atoms. The van der Waals surface area contributed by atoms with E-state index in [0.717, 1.165) is 17.1 Å². The molecule has 0 aliphatic carbocycles. The first-order valence-corrected chi connectivity index (χ1v) is 8.50. The molecule has 2 N–H and O–H groups in total. The van der Waals surface area contributed by atoms with Gasteiger partial charge in [0.15, 0.2) is 0 Å². The number of rotatable bonds is 6. The van der Waals surface area contributed by atoms with Crippen molar-refractivity contribution in [3.63, 3.8) is 0 Å². The molecule has 0 aliphatic heterocycles.